The molecule has 0 spiro atoms. The molecular weight excluding hydrogens is 208 g/mol. The van der Waals surface area contributed by atoms with Gasteiger partial charge >= 0.3 is 0 Å². The van der Waals surface area contributed by atoms with Crippen molar-refractivity contribution in [3.05, 3.63) is 35.9 Å². The van der Waals surface area contributed by atoms with Crippen LogP contribution in [0.15, 0.2) is 30.3 Å². The fraction of sp³-hybridized carbons (Fsp3) is 0.600. The first-order valence-corrected chi connectivity index (χ1v) is 6.72. The van der Waals surface area contributed by atoms with Gasteiger partial charge in [0.15, 0.2) is 0 Å². The molecule has 2 heteroatoms. The van der Waals surface area contributed by atoms with Crippen LogP contribution in [-0.2, 0) is 0 Å². The second kappa shape index (κ2) is 8.26. The smallest absolute Gasteiger partial charge is 0.0104 e. The number of hydrogen-bond acceptors (Lipinski definition) is 2. The minimum absolute atomic E-state index is 0.655. The molecule has 0 fully saturated rings. The Morgan fingerprint density at radius 1 is 1.18 bits per heavy atom. The van der Waals surface area contributed by atoms with Crippen molar-refractivity contribution in [2.24, 2.45) is 0 Å². The van der Waals surface area contributed by atoms with E-state index in [0.29, 0.717) is 5.92 Å². The molecule has 0 aliphatic rings. The Morgan fingerprint density at radius 2 is 1.88 bits per heavy atom. The number of benzene rings is 1. The molecule has 0 saturated carbocycles. The predicted octanol–water partition coefficient (Wildman–Crippen LogP) is 2.72. The highest BCUT2D eigenvalue weighted by atomic mass is 15.1. The summed E-state index contributed by atoms with van der Waals surface area (Å²) in [7, 11) is 2.21. The van der Waals surface area contributed by atoms with Crippen molar-refractivity contribution in [2.45, 2.75) is 26.2 Å². The Bertz CT molecular complexity index is 284. The average molecular weight is 234 g/mol. The molecule has 0 radical (unpaired) electrons. The van der Waals surface area contributed by atoms with Gasteiger partial charge in [0.05, 0.1) is 0 Å². The molecule has 0 saturated heterocycles. The van der Waals surface area contributed by atoms with Gasteiger partial charge in [-0.15, -0.1) is 0 Å². The van der Waals surface area contributed by atoms with E-state index in [4.69, 9.17) is 0 Å². The van der Waals surface area contributed by atoms with Crippen LogP contribution < -0.4 is 5.32 Å². The lowest BCUT2D eigenvalue weighted by molar-refractivity contribution is 0.307. The van der Waals surface area contributed by atoms with E-state index in [2.05, 4.69) is 61.4 Å². The maximum atomic E-state index is 3.37. The molecule has 0 amide bonds. The fourth-order valence-electron chi connectivity index (χ4n) is 2.11. The molecule has 0 bridgehead atoms. The van der Waals surface area contributed by atoms with Gasteiger partial charge in [-0.05, 0) is 31.5 Å². The third kappa shape index (κ3) is 5.33. The molecule has 0 aliphatic heterocycles. The van der Waals surface area contributed by atoms with Gasteiger partial charge < -0.3 is 10.2 Å². The van der Waals surface area contributed by atoms with Crippen LogP contribution in [0.2, 0.25) is 0 Å². The van der Waals surface area contributed by atoms with Gasteiger partial charge in [0.2, 0.25) is 0 Å². The number of nitrogens with one attached hydrogen (secondary N) is 1. The zero-order chi connectivity index (χ0) is 12.5. The fourth-order valence-corrected chi connectivity index (χ4v) is 2.11. The molecule has 1 rings (SSSR count). The van der Waals surface area contributed by atoms with Crippen molar-refractivity contribution in [3.8, 4) is 0 Å². The van der Waals surface area contributed by atoms with E-state index in [-0.39, 0.29) is 0 Å². The van der Waals surface area contributed by atoms with Gasteiger partial charge in [0.25, 0.3) is 0 Å². The summed E-state index contributed by atoms with van der Waals surface area (Å²) in [6, 6.07) is 10.8. The SMILES string of the molecule is CCNCCN(C)CC(CC)c1ccccc1. The Kier molecular flexibility index (Phi) is 6.90. The Labute approximate surface area is 106 Å². The highest BCUT2D eigenvalue weighted by Gasteiger charge is 2.11. The lowest BCUT2D eigenvalue weighted by Gasteiger charge is -2.23. The summed E-state index contributed by atoms with van der Waals surface area (Å²) in [5, 5.41) is 3.37. The maximum Gasteiger partial charge on any atom is 0.0104 e. The maximum absolute atomic E-state index is 3.37. The standard InChI is InChI=1S/C15H26N2/c1-4-14(15-9-7-6-8-10-15)13-17(3)12-11-16-5-2/h6-10,14,16H,4-5,11-13H2,1-3H3. The molecule has 1 N–H and O–H groups in total. The molecule has 1 unspecified atom stereocenters. The molecule has 1 aromatic rings. The number of likely N-dealkylation sites (N-methyl/N-ethyl adjacent to an activating group) is 2. The summed E-state index contributed by atoms with van der Waals surface area (Å²) >= 11 is 0. The average Bonchev–Trinajstić information content (AvgIpc) is 2.37. The molecule has 0 heterocycles. The first kappa shape index (κ1) is 14.2. The minimum Gasteiger partial charge on any atom is -0.316 e. The van der Waals surface area contributed by atoms with Crippen LogP contribution in [0, 0.1) is 0 Å². The van der Waals surface area contributed by atoms with Crippen LogP contribution in [0.25, 0.3) is 0 Å². The Morgan fingerprint density at radius 3 is 2.47 bits per heavy atom. The van der Waals surface area contributed by atoms with Gasteiger partial charge in [0, 0.05) is 19.6 Å². The van der Waals surface area contributed by atoms with Crippen LogP contribution in [-0.4, -0.2) is 38.1 Å². The van der Waals surface area contributed by atoms with Crippen molar-refractivity contribution < 1.29 is 0 Å². The summed E-state index contributed by atoms with van der Waals surface area (Å²) in [6.07, 6.45) is 1.20. The van der Waals surface area contributed by atoms with E-state index in [0.717, 1.165) is 26.2 Å². The van der Waals surface area contributed by atoms with Gasteiger partial charge in [-0.25, -0.2) is 0 Å². The molecule has 1 atom stereocenters. The largest absolute Gasteiger partial charge is 0.316 e. The molecule has 0 aliphatic carbocycles. The van der Waals surface area contributed by atoms with Crippen LogP contribution in [0.1, 0.15) is 31.7 Å². The molecule has 17 heavy (non-hydrogen) atoms. The van der Waals surface area contributed by atoms with Crippen molar-refractivity contribution in [1.29, 1.82) is 0 Å². The van der Waals surface area contributed by atoms with E-state index in [1.165, 1.54) is 12.0 Å². The zero-order valence-corrected chi connectivity index (χ0v) is 11.4. The highest BCUT2D eigenvalue weighted by molar-refractivity contribution is 5.19. The first-order chi connectivity index (χ1) is 8.27. The molecule has 1 aromatic carbocycles. The summed E-state index contributed by atoms with van der Waals surface area (Å²) in [5.74, 6) is 0.655. The summed E-state index contributed by atoms with van der Waals surface area (Å²) in [4.78, 5) is 2.42. The molecule has 2 nitrogen and oxygen atoms in total. The zero-order valence-electron chi connectivity index (χ0n) is 11.4. The van der Waals surface area contributed by atoms with Crippen molar-refractivity contribution >= 4 is 0 Å². The number of nitrogens with zero attached hydrogens (tertiary/aromatic N) is 1. The Balaban J connectivity index is 2.41. The van der Waals surface area contributed by atoms with E-state index in [1.54, 1.807) is 0 Å². The van der Waals surface area contributed by atoms with Gasteiger partial charge in [-0.3, -0.25) is 0 Å². The van der Waals surface area contributed by atoms with E-state index in [1.807, 2.05) is 0 Å². The highest BCUT2D eigenvalue weighted by Crippen LogP contribution is 2.19. The second-order valence-electron chi connectivity index (χ2n) is 4.63. The third-order valence-corrected chi connectivity index (χ3v) is 3.22. The van der Waals surface area contributed by atoms with Crippen LogP contribution in [0.5, 0.6) is 0 Å². The first-order valence-electron chi connectivity index (χ1n) is 6.72. The summed E-state index contributed by atoms with van der Waals surface area (Å²) in [5.41, 5.74) is 1.46. The van der Waals surface area contributed by atoms with E-state index in [9.17, 15) is 0 Å². The molecule has 96 valence electrons. The van der Waals surface area contributed by atoms with Gasteiger partial charge in [0.1, 0.15) is 0 Å². The Hall–Kier alpha value is -0.860. The normalized spacial score (nSPS) is 12.9. The minimum atomic E-state index is 0.655. The van der Waals surface area contributed by atoms with Crippen LogP contribution in [0.4, 0.5) is 0 Å². The van der Waals surface area contributed by atoms with Gasteiger partial charge in [-0.1, -0.05) is 44.2 Å². The van der Waals surface area contributed by atoms with E-state index < -0.39 is 0 Å². The quantitative estimate of drug-likeness (QED) is 0.696. The lowest BCUT2D eigenvalue weighted by atomic mass is 9.96. The molecule has 0 aromatic heterocycles. The predicted molar refractivity (Wildman–Crippen MR) is 75.5 cm³/mol. The summed E-state index contributed by atoms with van der Waals surface area (Å²) in [6.45, 7) is 8.83. The van der Waals surface area contributed by atoms with Crippen molar-refractivity contribution in [3.63, 3.8) is 0 Å². The van der Waals surface area contributed by atoms with Crippen LogP contribution >= 0.6 is 0 Å². The lowest BCUT2D eigenvalue weighted by Crippen LogP contribution is -2.32. The monoisotopic (exact) mass is 234 g/mol. The topological polar surface area (TPSA) is 15.3 Å². The van der Waals surface area contributed by atoms with Gasteiger partial charge in [-0.2, -0.15) is 0 Å². The number of hydrogen-bond donors (Lipinski definition) is 1. The second-order valence-corrected chi connectivity index (χ2v) is 4.63. The third-order valence-electron chi connectivity index (χ3n) is 3.22. The van der Waals surface area contributed by atoms with Crippen molar-refractivity contribution in [1.82, 2.24) is 10.2 Å². The van der Waals surface area contributed by atoms with Crippen LogP contribution in [0.3, 0.4) is 0 Å². The van der Waals surface area contributed by atoms with Crippen molar-refractivity contribution in [2.75, 3.05) is 33.2 Å². The van der Waals surface area contributed by atoms with E-state index >= 15 is 0 Å². The summed E-state index contributed by atoms with van der Waals surface area (Å²) < 4.78 is 0. The number of rotatable bonds is 8. The molecular formula is C15H26N2.